The fourth-order valence-electron chi connectivity index (χ4n) is 1.94. The minimum absolute atomic E-state index is 0.322. The molecule has 0 bridgehead atoms. The van der Waals surface area contributed by atoms with Crippen molar-refractivity contribution in [3.63, 3.8) is 0 Å². The number of carbonyl (C=O) groups excluding carboxylic acids is 1. The van der Waals surface area contributed by atoms with Gasteiger partial charge in [-0.05, 0) is 24.6 Å². The fraction of sp³-hybridized carbons (Fsp3) is 0.235. The molecule has 0 spiro atoms. The van der Waals surface area contributed by atoms with Gasteiger partial charge in [-0.3, -0.25) is 0 Å². The summed E-state index contributed by atoms with van der Waals surface area (Å²) in [4.78, 5) is 11.7. The number of carbonyl (C=O) groups is 1. The first-order chi connectivity index (χ1) is 10.2. The van der Waals surface area contributed by atoms with E-state index in [9.17, 15) is 4.79 Å². The second-order valence-corrected chi connectivity index (χ2v) is 4.65. The van der Waals surface area contributed by atoms with E-state index in [0.29, 0.717) is 19.0 Å². The van der Waals surface area contributed by atoms with Crippen LogP contribution in [0.4, 0.5) is 0 Å². The molecule has 3 N–H and O–H groups in total. The van der Waals surface area contributed by atoms with E-state index in [-0.39, 0.29) is 5.97 Å². The van der Waals surface area contributed by atoms with Gasteiger partial charge in [0, 0.05) is 5.56 Å². The van der Waals surface area contributed by atoms with Gasteiger partial charge in [0.15, 0.2) is 0 Å². The Labute approximate surface area is 124 Å². The van der Waals surface area contributed by atoms with Crippen LogP contribution in [0.2, 0.25) is 0 Å². The Hall–Kier alpha value is -2.33. The van der Waals surface area contributed by atoms with Crippen LogP contribution < -0.4 is 10.5 Å². The molecule has 1 atom stereocenters. The Bertz CT molecular complexity index is 584. The van der Waals surface area contributed by atoms with Crippen LogP contribution >= 0.6 is 0 Å². The molecule has 2 rings (SSSR count). The van der Waals surface area contributed by atoms with Crippen molar-refractivity contribution in [3.8, 4) is 5.75 Å². The molecule has 0 unspecified atom stereocenters. The molecule has 4 heteroatoms. The Balaban J connectivity index is 2.02. The molecule has 4 nitrogen and oxygen atoms in total. The molecule has 0 fully saturated rings. The predicted molar refractivity (Wildman–Crippen MR) is 79.5 cm³/mol. The van der Waals surface area contributed by atoms with Gasteiger partial charge in [0.1, 0.15) is 12.4 Å². The minimum atomic E-state index is -0.537. The first-order valence-corrected chi connectivity index (χ1v) is 6.97. The lowest BCUT2D eigenvalue weighted by molar-refractivity contribution is -0.414. The van der Waals surface area contributed by atoms with Crippen LogP contribution in [0.3, 0.4) is 0 Å². The molecule has 21 heavy (non-hydrogen) atoms. The number of ether oxygens (including phenoxy) is 2. The summed E-state index contributed by atoms with van der Waals surface area (Å²) in [6.07, 6.45) is 0. The summed E-state index contributed by atoms with van der Waals surface area (Å²) >= 11 is 0. The maximum atomic E-state index is 11.7. The number of hydrogen-bond acceptors (Lipinski definition) is 3. The van der Waals surface area contributed by atoms with Crippen LogP contribution in [-0.2, 0) is 16.1 Å². The van der Waals surface area contributed by atoms with Gasteiger partial charge in [0.2, 0.25) is 6.04 Å². The standard InChI is InChI=1S/C17H19NO3/c1-2-20-17(19)16(18)14-9-6-10-15(11-14)21-12-13-7-4-3-5-8-13/h3-11,16H,2,12,18H2,1H3/p+1/t16-/m1/s1. The van der Waals surface area contributed by atoms with E-state index in [2.05, 4.69) is 5.73 Å². The molecule has 2 aromatic rings. The summed E-state index contributed by atoms with van der Waals surface area (Å²) < 4.78 is 10.7. The molecule has 0 radical (unpaired) electrons. The smallest absolute Gasteiger partial charge is 0.369 e. The van der Waals surface area contributed by atoms with E-state index in [0.717, 1.165) is 11.1 Å². The summed E-state index contributed by atoms with van der Waals surface area (Å²) in [7, 11) is 0. The number of esters is 1. The highest BCUT2D eigenvalue weighted by Gasteiger charge is 2.21. The molecular formula is C17H20NO3+. The zero-order valence-corrected chi connectivity index (χ0v) is 12.1. The van der Waals surface area contributed by atoms with Crippen molar-refractivity contribution in [2.75, 3.05) is 6.61 Å². The van der Waals surface area contributed by atoms with E-state index in [1.165, 1.54) is 0 Å². The lowest BCUT2D eigenvalue weighted by Crippen LogP contribution is -2.57. The number of quaternary nitrogens is 1. The van der Waals surface area contributed by atoms with Gasteiger partial charge in [-0.25, -0.2) is 4.79 Å². The van der Waals surface area contributed by atoms with Crippen LogP contribution in [0.25, 0.3) is 0 Å². The van der Waals surface area contributed by atoms with Gasteiger partial charge in [-0.2, -0.15) is 0 Å². The Morgan fingerprint density at radius 3 is 2.62 bits per heavy atom. The summed E-state index contributed by atoms with van der Waals surface area (Å²) in [6, 6.07) is 16.8. The molecular weight excluding hydrogens is 266 g/mol. The van der Waals surface area contributed by atoms with Crippen LogP contribution in [0, 0.1) is 0 Å². The lowest BCUT2D eigenvalue weighted by atomic mass is 10.1. The molecule has 0 saturated heterocycles. The molecule has 110 valence electrons. The van der Waals surface area contributed by atoms with Crippen LogP contribution in [0.1, 0.15) is 24.1 Å². The van der Waals surface area contributed by atoms with E-state index < -0.39 is 6.04 Å². The second kappa shape index (κ2) is 7.45. The van der Waals surface area contributed by atoms with Crippen LogP contribution in [0.15, 0.2) is 54.6 Å². The molecule has 0 amide bonds. The Morgan fingerprint density at radius 2 is 1.90 bits per heavy atom. The fourth-order valence-corrected chi connectivity index (χ4v) is 1.94. The first-order valence-electron chi connectivity index (χ1n) is 6.97. The monoisotopic (exact) mass is 286 g/mol. The van der Waals surface area contributed by atoms with Crippen molar-refractivity contribution in [2.24, 2.45) is 0 Å². The molecule has 0 aliphatic carbocycles. The lowest BCUT2D eigenvalue weighted by Gasteiger charge is -2.10. The highest BCUT2D eigenvalue weighted by Crippen LogP contribution is 2.19. The van der Waals surface area contributed by atoms with Gasteiger partial charge >= 0.3 is 5.97 Å². The van der Waals surface area contributed by atoms with Gasteiger partial charge in [0.05, 0.1) is 6.61 Å². The van der Waals surface area contributed by atoms with Gasteiger partial charge in [-0.15, -0.1) is 0 Å². The maximum absolute atomic E-state index is 11.7. The average molecular weight is 286 g/mol. The van der Waals surface area contributed by atoms with Crippen molar-refractivity contribution < 1.29 is 20.0 Å². The third kappa shape index (κ3) is 4.33. The average Bonchev–Trinajstić information content (AvgIpc) is 2.54. The largest absolute Gasteiger partial charge is 0.489 e. The van der Waals surface area contributed by atoms with Crippen LogP contribution in [-0.4, -0.2) is 12.6 Å². The van der Waals surface area contributed by atoms with Gasteiger partial charge in [0.25, 0.3) is 0 Å². The molecule has 0 saturated carbocycles. The zero-order chi connectivity index (χ0) is 15.1. The van der Waals surface area contributed by atoms with Gasteiger partial charge in [-0.1, -0.05) is 42.5 Å². The predicted octanol–water partition coefficient (Wildman–Crippen LogP) is 2.11. The van der Waals surface area contributed by atoms with Crippen LogP contribution in [0.5, 0.6) is 5.75 Å². The third-order valence-electron chi connectivity index (χ3n) is 3.08. The zero-order valence-electron chi connectivity index (χ0n) is 12.1. The highest BCUT2D eigenvalue weighted by molar-refractivity contribution is 5.75. The maximum Gasteiger partial charge on any atom is 0.369 e. The van der Waals surface area contributed by atoms with E-state index in [4.69, 9.17) is 9.47 Å². The normalized spacial score (nSPS) is 11.7. The summed E-state index contributed by atoms with van der Waals surface area (Å²) in [6.45, 7) is 2.63. The number of rotatable bonds is 6. The molecule has 0 aliphatic heterocycles. The SMILES string of the molecule is CCOC(=O)[C@H]([NH3+])c1cccc(OCc2ccccc2)c1. The Kier molecular flexibility index (Phi) is 5.35. The summed E-state index contributed by atoms with van der Waals surface area (Å²) in [5, 5.41) is 0. The first kappa shape index (κ1) is 15.1. The third-order valence-corrected chi connectivity index (χ3v) is 3.08. The van der Waals surface area contributed by atoms with Crippen molar-refractivity contribution in [3.05, 3.63) is 65.7 Å². The van der Waals surface area contributed by atoms with E-state index in [1.54, 1.807) is 6.92 Å². The van der Waals surface area contributed by atoms with Gasteiger partial charge < -0.3 is 15.2 Å². The van der Waals surface area contributed by atoms with Crippen molar-refractivity contribution >= 4 is 5.97 Å². The Morgan fingerprint density at radius 1 is 1.14 bits per heavy atom. The number of benzene rings is 2. The van der Waals surface area contributed by atoms with Crippen molar-refractivity contribution in [1.82, 2.24) is 0 Å². The quantitative estimate of drug-likeness (QED) is 0.827. The molecule has 0 aliphatic rings. The molecule has 0 heterocycles. The van der Waals surface area contributed by atoms with Crippen molar-refractivity contribution in [1.29, 1.82) is 0 Å². The highest BCUT2D eigenvalue weighted by atomic mass is 16.5. The van der Waals surface area contributed by atoms with Crippen molar-refractivity contribution in [2.45, 2.75) is 19.6 Å². The molecule has 0 aromatic heterocycles. The van der Waals surface area contributed by atoms with E-state index in [1.807, 2.05) is 54.6 Å². The summed E-state index contributed by atoms with van der Waals surface area (Å²) in [5.74, 6) is 0.395. The minimum Gasteiger partial charge on any atom is -0.489 e. The number of hydrogen-bond donors (Lipinski definition) is 1. The van der Waals surface area contributed by atoms with E-state index >= 15 is 0 Å². The second-order valence-electron chi connectivity index (χ2n) is 4.65. The molecule has 2 aromatic carbocycles. The topological polar surface area (TPSA) is 63.2 Å². The summed E-state index contributed by atoms with van der Waals surface area (Å²) in [5.41, 5.74) is 5.74.